The fourth-order valence-electron chi connectivity index (χ4n) is 0.800. The lowest BCUT2D eigenvalue weighted by Gasteiger charge is -2.12. The van der Waals surface area contributed by atoms with Crippen molar-refractivity contribution in [3.63, 3.8) is 0 Å². The van der Waals surface area contributed by atoms with Gasteiger partial charge < -0.3 is 0 Å². The van der Waals surface area contributed by atoms with Crippen LogP contribution in [0.15, 0.2) is 30.3 Å². The van der Waals surface area contributed by atoms with Crippen LogP contribution in [0.4, 0.5) is 0 Å². The number of hydrazine groups is 1. The molecule has 0 aliphatic carbocycles. The summed E-state index contributed by atoms with van der Waals surface area (Å²) in [5.41, 5.74) is 0.831. The minimum atomic E-state index is 0. The summed E-state index contributed by atoms with van der Waals surface area (Å²) < 4.78 is 0. The molecule has 0 aliphatic heterocycles. The smallest absolute Gasteiger partial charge is 0.142 e. The molecule has 0 fully saturated rings. The molecule has 1 aromatic carbocycles. The molecular weight excluding hydrogens is 265 g/mol. The predicted octanol–water partition coefficient (Wildman–Crippen LogP) is 1.44. The number of nitrogens with one attached hydrogen (secondary N) is 1. The van der Waals surface area contributed by atoms with E-state index in [1.54, 1.807) is 7.05 Å². The first kappa shape index (κ1) is 11.4. The van der Waals surface area contributed by atoms with Gasteiger partial charge in [-0.2, -0.15) is 0 Å². The average molecular weight is 277 g/mol. The Kier molecular flexibility index (Phi) is 4.84. The first-order valence-electron chi connectivity index (χ1n) is 3.34. The van der Waals surface area contributed by atoms with E-state index in [9.17, 15) is 0 Å². The standard InChI is InChI=1S/C8H11N3.HI/c1-11(10)8(9)7-5-3-2-4-6-7;/h2-6,9H,10H2,1H3;1H. The van der Waals surface area contributed by atoms with Crippen LogP contribution >= 0.6 is 24.0 Å². The monoisotopic (exact) mass is 277 g/mol. The van der Waals surface area contributed by atoms with Crippen molar-refractivity contribution in [3.8, 4) is 0 Å². The van der Waals surface area contributed by atoms with Crippen molar-refractivity contribution in [1.82, 2.24) is 5.01 Å². The maximum absolute atomic E-state index is 7.49. The van der Waals surface area contributed by atoms with Gasteiger partial charge in [-0.1, -0.05) is 30.3 Å². The van der Waals surface area contributed by atoms with Gasteiger partial charge in [0.15, 0.2) is 0 Å². The summed E-state index contributed by atoms with van der Waals surface area (Å²) in [6, 6.07) is 9.38. The Hall–Kier alpha value is -0.620. The van der Waals surface area contributed by atoms with E-state index in [2.05, 4.69) is 0 Å². The Balaban J connectivity index is 0.00000121. The number of benzene rings is 1. The molecule has 1 aromatic rings. The van der Waals surface area contributed by atoms with Crippen molar-refractivity contribution in [2.24, 2.45) is 5.84 Å². The maximum Gasteiger partial charge on any atom is 0.142 e. The predicted molar refractivity (Wildman–Crippen MR) is 60.6 cm³/mol. The molecule has 66 valence electrons. The normalized spacial score (nSPS) is 8.50. The third-order valence-electron chi connectivity index (χ3n) is 1.40. The second-order valence-electron chi connectivity index (χ2n) is 2.33. The summed E-state index contributed by atoms with van der Waals surface area (Å²) in [4.78, 5) is 0. The molecule has 1 rings (SSSR count). The van der Waals surface area contributed by atoms with E-state index < -0.39 is 0 Å². The van der Waals surface area contributed by atoms with Gasteiger partial charge in [0, 0.05) is 12.6 Å². The number of rotatable bonds is 1. The highest BCUT2D eigenvalue weighted by Gasteiger charge is 2.00. The minimum absolute atomic E-state index is 0. The van der Waals surface area contributed by atoms with Gasteiger partial charge in [0.2, 0.25) is 0 Å². The molecule has 0 saturated heterocycles. The van der Waals surface area contributed by atoms with Crippen LogP contribution < -0.4 is 5.84 Å². The largest absolute Gasteiger partial charge is 0.298 e. The number of amidine groups is 1. The zero-order chi connectivity index (χ0) is 8.27. The third-order valence-corrected chi connectivity index (χ3v) is 1.40. The van der Waals surface area contributed by atoms with Crippen molar-refractivity contribution in [3.05, 3.63) is 35.9 Å². The van der Waals surface area contributed by atoms with Gasteiger partial charge in [-0.15, -0.1) is 24.0 Å². The second-order valence-corrected chi connectivity index (χ2v) is 2.33. The number of halogens is 1. The molecule has 0 aliphatic rings. The quantitative estimate of drug-likeness (QED) is 0.268. The Morgan fingerprint density at radius 2 is 1.83 bits per heavy atom. The summed E-state index contributed by atoms with van der Waals surface area (Å²) in [5.74, 6) is 5.70. The van der Waals surface area contributed by atoms with Gasteiger partial charge in [-0.05, 0) is 0 Å². The molecule has 0 unspecified atom stereocenters. The highest BCUT2D eigenvalue weighted by molar-refractivity contribution is 14.0. The summed E-state index contributed by atoms with van der Waals surface area (Å²) in [6.45, 7) is 0. The molecule has 0 saturated carbocycles. The SMILES string of the molecule is CN(N)C(=N)c1ccccc1.I. The third kappa shape index (κ3) is 2.78. The van der Waals surface area contributed by atoms with Crippen LogP contribution in [0.5, 0.6) is 0 Å². The van der Waals surface area contributed by atoms with Crippen molar-refractivity contribution in [1.29, 1.82) is 5.41 Å². The van der Waals surface area contributed by atoms with Gasteiger partial charge in [-0.25, -0.2) is 5.84 Å². The van der Waals surface area contributed by atoms with Crippen molar-refractivity contribution in [2.75, 3.05) is 7.05 Å². The fourth-order valence-corrected chi connectivity index (χ4v) is 0.800. The van der Waals surface area contributed by atoms with Crippen LogP contribution in [0.25, 0.3) is 0 Å². The first-order chi connectivity index (χ1) is 5.22. The van der Waals surface area contributed by atoms with Crippen LogP contribution in [0.3, 0.4) is 0 Å². The van der Waals surface area contributed by atoms with Crippen LogP contribution in [-0.4, -0.2) is 17.9 Å². The highest BCUT2D eigenvalue weighted by Crippen LogP contribution is 1.99. The van der Waals surface area contributed by atoms with Gasteiger partial charge in [0.1, 0.15) is 5.84 Å². The van der Waals surface area contributed by atoms with Gasteiger partial charge in [0.05, 0.1) is 0 Å². The van der Waals surface area contributed by atoms with E-state index in [0.29, 0.717) is 5.84 Å². The number of hydrogen-bond acceptors (Lipinski definition) is 2. The van der Waals surface area contributed by atoms with E-state index in [1.165, 1.54) is 5.01 Å². The molecule has 0 radical (unpaired) electrons. The minimum Gasteiger partial charge on any atom is -0.298 e. The summed E-state index contributed by atoms with van der Waals surface area (Å²) in [6.07, 6.45) is 0. The number of nitrogens with zero attached hydrogens (tertiary/aromatic N) is 1. The molecule has 3 N–H and O–H groups in total. The molecule has 0 heterocycles. The summed E-state index contributed by atoms with van der Waals surface area (Å²) in [7, 11) is 1.65. The zero-order valence-corrected chi connectivity index (χ0v) is 9.15. The van der Waals surface area contributed by atoms with E-state index in [0.717, 1.165) is 5.56 Å². The van der Waals surface area contributed by atoms with Crippen molar-refractivity contribution < 1.29 is 0 Å². The van der Waals surface area contributed by atoms with Gasteiger partial charge in [-0.3, -0.25) is 10.4 Å². The van der Waals surface area contributed by atoms with Crippen LogP contribution in [-0.2, 0) is 0 Å². The first-order valence-corrected chi connectivity index (χ1v) is 3.34. The molecule has 4 heteroatoms. The van der Waals surface area contributed by atoms with E-state index in [4.69, 9.17) is 11.3 Å². The fraction of sp³-hybridized carbons (Fsp3) is 0.125. The Bertz CT molecular complexity index is 246. The van der Waals surface area contributed by atoms with Gasteiger partial charge >= 0.3 is 0 Å². The topological polar surface area (TPSA) is 53.1 Å². The van der Waals surface area contributed by atoms with E-state index in [1.807, 2.05) is 30.3 Å². The summed E-state index contributed by atoms with van der Waals surface area (Å²) in [5, 5.41) is 8.77. The lowest BCUT2D eigenvalue weighted by atomic mass is 10.2. The Labute approximate surface area is 89.1 Å². The molecule has 0 spiro atoms. The zero-order valence-electron chi connectivity index (χ0n) is 6.82. The van der Waals surface area contributed by atoms with E-state index in [-0.39, 0.29) is 24.0 Å². The van der Waals surface area contributed by atoms with Crippen molar-refractivity contribution in [2.45, 2.75) is 0 Å². The van der Waals surface area contributed by atoms with Crippen LogP contribution in [0, 0.1) is 5.41 Å². The van der Waals surface area contributed by atoms with Crippen LogP contribution in [0.2, 0.25) is 0 Å². The second kappa shape index (κ2) is 5.10. The number of nitrogens with two attached hydrogens (primary N) is 1. The highest BCUT2D eigenvalue weighted by atomic mass is 127. The molecule has 12 heavy (non-hydrogen) atoms. The molecular formula is C8H12IN3. The molecule has 3 nitrogen and oxygen atoms in total. The van der Waals surface area contributed by atoms with E-state index >= 15 is 0 Å². The molecule has 0 atom stereocenters. The lowest BCUT2D eigenvalue weighted by Crippen LogP contribution is -2.32. The van der Waals surface area contributed by atoms with Gasteiger partial charge in [0.25, 0.3) is 0 Å². The molecule has 0 amide bonds. The Morgan fingerprint density at radius 3 is 2.25 bits per heavy atom. The average Bonchev–Trinajstić information content (AvgIpc) is 2.05. The lowest BCUT2D eigenvalue weighted by molar-refractivity contribution is 0.536. The maximum atomic E-state index is 7.49. The number of hydrogen-bond donors (Lipinski definition) is 2. The van der Waals surface area contributed by atoms with Crippen LogP contribution in [0.1, 0.15) is 5.56 Å². The summed E-state index contributed by atoms with van der Waals surface area (Å²) >= 11 is 0. The molecule has 0 aromatic heterocycles. The Morgan fingerprint density at radius 1 is 1.33 bits per heavy atom. The van der Waals surface area contributed by atoms with Crippen molar-refractivity contribution >= 4 is 29.8 Å². The molecule has 0 bridgehead atoms.